The fraction of sp³-hybridized carbons (Fsp3) is 0.417. The van der Waals surface area contributed by atoms with Gasteiger partial charge in [0, 0.05) is 22.5 Å². The smallest absolute Gasteiger partial charge is 0.166 e. The number of carbonyl (C=O) groups is 1. The van der Waals surface area contributed by atoms with Gasteiger partial charge in [-0.25, -0.2) is 0 Å². The molecule has 1 aromatic rings. The van der Waals surface area contributed by atoms with E-state index >= 15 is 0 Å². The van der Waals surface area contributed by atoms with Crippen LogP contribution in [0.1, 0.15) is 35.0 Å². The third kappa shape index (κ3) is 1.59. The SMILES string of the molecule is CC1CSC(C)c2ccccc2C1=O. The maximum atomic E-state index is 12.0. The minimum atomic E-state index is 0.158. The molecule has 0 fully saturated rings. The van der Waals surface area contributed by atoms with Crippen molar-refractivity contribution in [2.24, 2.45) is 5.92 Å². The molecule has 14 heavy (non-hydrogen) atoms. The van der Waals surface area contributed by atoms with Gasteiger partial charge >= 0.3 is 0 Å². The van der Waals surface area contributed by atoms with Gasteiger partial charge in [0.2, 0.25) is 0 Å². The molecule has 0 radical (unpaired) electrons. The van der Waals surface area contributed by atoms with E-state index in [9.17, 15) is 4.79 Å². The summed E-state index contributed by atoms with van der Waals surface area (Å²) in [5.41, 5.74) is 2.13. The third-order valence-corrected chi connectivity index (χ3v) is 4.15. The Labute approximate surface area is 88.9 Å². The molecule has 1 aliphatic rings. The Morgan fingerprint density at radius 1 is 1.29 bits per heavy atom. The number of rotatable bonds is 0. The van der Waals surface area contributed by atoms with Crippen LogP contribution in [0.15, 0.2) is 24.3 Å². The zero-order chi connectivity index (χ0) is 10.1. The molecule has 0 saturated carbocycles. The molecule has 1 aliphatic heterocycles. The first-order chi connectivity index (χ1) is 6.70. The van der Waals surface area contributed by atoms with Crippen LogP contribution in [0.2, 0.25) is 0 Å². The van der Waals surface area contributed by atoms with Gasteiger partial charge in [-0.05, 0) is 12.5 Å². The normalized spacial score (nSPS) is 26.9. The zero-order valence-corrected chi connectivity index (χ0v) is 9.30. The van der Waals surface area contributed by atoms with E-state index in [1.165, 1.54) is 5.56 Å². The number of Topliss-reactive ketones (excluding diaryl/α,β-unsaturated/α-hetero) is 1. The van der Waals surface area contributed by atoms with Crippen LogP contribution in [-0.4, -0.2) is 11.5 Å². The molecular weight excluding hydrogens is 192 g/mol. The molecule has 0 spiro atoms. The van der Waals surface area contributed by atoms with Gasteiger partial charge in [0.1, 0.15) is 0 Å². The Bertz CT molecular complexity index is 359. The Balaban J connectivity index is 2.51. The lowest BCUT2D eigenvalue weighted by Gasteiger charge is -2.09. The topological polar surface area (TPSA) is 17.1 Å². The van der Waals surface area contributed by atoms with Crippen LogP contribution < -0.4 is 0 Å². The lowest BCUT2D eigenvalue weighted by molar-refractivity contribution is 0.0942. The lowest BCUT2D eigenvalue weighted by atomic mass is 9.95. The number of fused-ring (bicyclic) bond motifs is 1. The summed E-state index contributed by atoms with van der Waals surface area (Å²) < 4.78 is 0. The van der Waals surface area contributed by atoms with Crippen molar-refractivity contribution in [3.8, 4) is 0 Å². The number of hydrogen-bond donors (Lipinski definition) is 0. The summed E-state index contributed by atoms with van der Waals surface area (Å²) in [5, 5.41) is 0.445. The largest absolute Gasteiger partial charge is 0.294 e. The number of ketones is 1. The van der Waals surface area contributed by atoms with Crippen LogP contribution >= 0.6 is 11.8 Å². The van der Waals surface area contributed by atoms with E-state index in [0.717, 1.165) is 11.3 Å². The number of thioether (sulfide) groups is 1. The van der Waals surface area contributed by atoms with Crippen LogP contribution in [0.3, 0.4) is 0 Å². The maximum Gasteiger partial charge on any atom is 0.166 e. The van der Waals surface area contributed by atoms with E-state index in [-0.39, 0.29) is 5.92 Å². The zero-order valence-electron chi connectivity index (χ0n) is 8.49. The van der Waals surface area contributed by atoms with Crippen molar-refractivity contribution in [3.63, 3.8) is 0 Å². The van der Waals surface area contributed by atoms with Crippen LogP contribution in [0.4, 0.5) is 0 Å². The van der Waals surface area contributed by atoms with Crippen molar-refractivity contribution in [2.75, 3.05) is 5.75 Å². The summed E-state index contributed by atoms with van der Waals surface area (Å²) in [6.45, 7) is 4.19. The molecule has 0 bridgehead atoms. The molecular formula is C12H14OS. The maximum absolute atomic E-state index is 12.0. The van der Waals surface area contributed by atoms with Gasteiger partial charge < -0.3 is 0 Å². The van der Waals surface area contributed by atoms with Gasteiger partial charge in [-0.2, -0.15) is 11.8 Å². The van der Waals surface area contributed by atoms with Gasteiger partial charge in [0.05, 0.1) is 0 Å². The molecule has 0 N–H and O–H groups in total. The van der Waals surface area contributed by atoms with Crippen molar-refractivity contribution >= 4 is 17.5 Å². The predicted molar refractivity (Wildman–Crippen MR) is 60.8 cm³/mol. The summed E-state index contributed by atoms with van der Waals surface area (Å²) in [6, 6.07) is 7.99. The first-order valence-electron chi connectivity index (χ1n) is 4.95. The highest BCUT2D eigenvalue weighted by Crippen LogP contribution is 2.36. The van der Waals surface area contributed by atoms with E-state index in [1.54, 1.807) is 0 Å². The molecule has 0 saturated heterocycles. The molecule has 0 amide bonds. The first kappa shape index (κ1) is 9.78. The second-order valence-electron chi connectivity index (χ2n) is 3.83. The van der Waals surface area contributed by atoms with Crippen molar-refractivity contribution in [3.05, 3.63) is 35.4 Å². The fourth-order valence-corrected chi connectivity index (χ4v) is 2.91. The monoisotopic (exact) mass is 206 g/mol. The molecule has 1 aromatic carbocycles. The molecule has 1 nitrogen and oxygen atoms in total. The van der Waals surface area contributed by atoms with Crippen LogP contribution in [-0.2, 0) is 0 Å². The molecule has 0 aliphatic carbocycles. The molecule has 2 atom stereocenters. The summed E-state index contributed by atoms with van der Waals surface area (Å²) in [4.78, 5) is 12.0. The number of benzene rings is 1. The van der Waals surface area contributed by atoms with Gasteiger partial charge in [0.15, 0.2) is 5.78 Å². The van der Waals surface area contributed by atoms with Gasteiger partial charge in [-0.1, -0.05) is 31.2 Å². The van der Waals surface area contributed by atoms with Crippen molar-refractivity contribution < 1.29 is 4.79 Å². The van der Waals surface area contributed by atoms with Crippen LogP contribution in [0.25, 0.3) is 0 Å². The average molecular weight is 206 g/mol. The first-order valence-corrected chi connectivity index (χ1v) is 5.99. The minimum absolute atomic E-state index is 0.158. The molecule has 2 unspecified atom stereocenters. The molecule has 0 aromatic heterocycles. The molecule has 2 heteroatoms. The lowest BCUT2D eigenvalue weighted by Crippen LogP contribution is -2.12. The van der Waals surface area contributed by atoms with Crippen LogP contribution in [0, 0.1) is 5.92 Å². The third-order valence-electron chi connectivity index (χ3n) is 2.71. The second-order valence-corrected chi connectivity index (χ2v) is 5.20. The van der Waals surface area contributed by atoms with E-state index in [4.69, 9.17) is 0 Å². The van der Waals surface area contributed by atoms with E-state index in [2.05, 4.69) is 13.0 Å². The summed E-state index contributed by atoms with van der Waals surface area (Å²) >= 11 is 1.87. The average Bonchev–Trinajstić information content (AvgIpc) is 2.33. The second kappa shape index (κ2) is 3.77. The van der Waals surface area contributed by atoms with E-state index in [0.29, 0.717) is 11.0 Å². The quantitative estimate of drug-likeness (QED) is 0.647. The Morgan fingerprint density at radius 2 is 2.00 bits per heavy atom. The Kier molecular flexibility index (Phi) is 2.64. The Hall–Kier alpha value is -0.760. The highest BCUT2D eigenvalue weighted by molar-refractivity contribution is 7.99. The summed E-state index contributed by atoms with van der Waals surface area (Å²) in [6.07, 6.45) is 0. The van der Waals surface area contributed by atoms with E-state index < -0.39 is 0 Å². The fourth-order valence-electron chi connectivity index (χ4n) is 1.80. The van der Waals surface area contributed by atoms with Crippen molar-refractivity contribution in [1.82, 2.24) is 0 Å². The van der Waals surface area contributed by atoms with Gasteiger partial charge in [-0.3, -0.25) is 4.79 Å². The Morgan fingerprint density at radius 3 is 2.79 bits per heavy atom. The predicted octanol–water partition coefficient (Wildman–Crippen LogP) is 3.31. The molecule has 1 heterocycles. The standard InChI is InChI=1S/C12H14OS/c1-8-7-14-9(2)10-5-3-4-6-11(10)12(8)13/h3-6,8-9H,7H2,1-2H3. The van der Waals surface area contributed by atoms with Crippen LogP contribution in [0.5, 0.6) is 0 Å². The number of hydrogen-bond acceptors (Lipinski definition) is 2. The van der Waals surface area contributed by atoms with Gasteiger partial charge in [0.25, 0.3) is 0 Å². The van der Waals surface area contributed by atoms with E-state index in [1.807, 2.05) is 36.9 Å². The minimum Gasteiger partial charge on any atom is -0.294 e. The summed E-state index contributed by atoms with van der Waals surface area (Å²) in [5.74, 6) is 1.40. The highest BCUT2D eigenvalue weighted by atomic mass is 32.2. The highest BCUT2D eigenvalue weighted by Gasteiger charge is 2.25. The van der Waals surface area contributed by atoms with Gasteiger partial charge in [-0.15, -0.1) is 0 Å². The molecule has 2 rings (SSSR count). The molecule has 74 valence electrons. The van der Waals surface area contributed by atoms with Crippen molar-refractivity contribution in [1.29, 1.82) is 0 Å². The van der Waals surface area contributed by atoms with Crippen molar-refractivity contribution in [2.45, 2.75) is 19.1 Å². The number of carbonyl (C=O) groups excluding carboxylic acids is 1. The summed E-state index contributed by atoms with van der Waals surface area (Å²) in [7, 11) is 0.